The van der Waals surface area contributed by atoms with E-state index in [-0.39, 0.29) is 54.7 Å². The summed E-state index contributed by atoms with van der Waals surface area (Å²) in [6.45, 7) is 7.56. The van der Waals surface area contributed by atoms with Crippen LogP contribution in [0.5, 0.6) is 0 Å². The van der Waals surface area contributed by atoms with Gasteiger partial charge in [0.2, 0.25) is 12.1 Å². The lowest BCUT2D eigenvalue weighted by Gasteiger charge is -2.17. The molecule has 5 atom stereocenters. The summed E-state index contributed by atoms with van der Waals surface area (Å²) in [5, 5.41) is 25.9. The number of halogens is 5. The highest BCUT2D eigenvalue weighted by Gasteiger charge is 2.27. The van der Waals surface area contributed by atoms with Crippen LogP contribution in [0.25, 0.3) is 0 Å². The van der Waals surface area contributed by atoms with Crippen molar-refractivity contribution in [2.45, 2.75) is 62.8 Å². The quantitative estimate of drug-likeness (QED) is 0.0406. The fraction of sp³-hybridized carbons (Fsp3) is 0.217. The summed E-state index contributed by atoms with van der Waals surface area (Å²) >= 11 is 31.5. The summed E-state index contributed by atoms with van der Waals surface area (Å²) in [6.07, 6.45) is 0. The second-order valence-corrected chi connectivity index (χ2v) is 17.5. The van der Waals surface area contributed by atoms with Gasteiger partial charge in [-0.1, -0.05) is 47.5 Å². The summed E-state index contributed by atoms with van der Waals surface area (Å²) in [5.74, 6) is -3.96. The fourth-order valence-electron chi connectivity index (χ4n) is 6.04. The van der Waals surface area contributed by atoms with Gasteiger partial charge in [-0.05, 0) is 130 Å². The predicted octanol–water partition coefficient (Wildman–Crippen LogP) is 12.8. The van der Waals surface area contributed by atoms with E-state index in [9.17, 15) is 28.8 Å². The topological polar surface area (TPSA) is 200 Å². The maximum absolute atomic E-state index is 13.5. The van der Waals surface area contributed by atoms with Crippen molar-refractivity contribution in [1.82, 2.24) is 0 Å². The molecule has 65 heavy (non-hydrogen) atoms. The number of rotatable bonds is 17. The highest BCUT2D eigenvalue weighted by molar-refractivity contribution is 6.32. The molecule has 0 radical (unpaired) electrons. The molecule has 0 heterocycles. The van der Waals surface area contributed by atoms with Crippen LogP contribution in [0.4, 0.5) is 34.1 Å². The van der Waals surface area contributed by atoms with Crippen molar-refractivity contribution >= 4 is 127 Å². The van der Waals surface area contributed by atoms with E-state index in [1.807, 2.05) is 26.0 Å². The minimum absolute atomic E-state index is 0.100. The maximum Gasteiger partial charge on any atom is 0.258 e. The van der Waals surface area contributed by atoms with Gasteiger partial charge in [0.15, 0.2) is 11.6 Å². The normalized spacial score (nSPS) is 13.6. The first-order valence-electron chi connectivity index (χ1n) is 19.7. The van der Waals surface area contributed by atoms with Crippen LogP contribution < -0.4 is 21.3 Å². The van der Waals surface area contributed by atoms with Gasteiger partial charge in [-0.25, -0.2) is 0 Å². The first kappa shape index (κ1) is 50.0. The molecule has 5 aromatic rings. The zero-order chi connectivity index (χ0) is 47.5. The molecule has 0 spiro atoms. The number of benzene rings is 5. The Morgan fingerprint density at radius 1 is 0.492 bits per heavy atom. The standard InChI is InChI=1S/C46H41Cl5N8O6/c1-23(47)28-8-6-10-34(16-28)52-43(62)30-14-32(50)20-37(18-30)56-58-41(26(4)60)45(64)54-36-12-13-40(39(22-36)25(3)49)55-46(65)42(27(5)61)59-57-38-19-31(15-33(51)21-38)44(63)53-35-11-7-9-29(17-35)24(2)48/h6-25,41-42H,1-5H3,(H,52,62)(H,53,63)(H,54,64)(H,55,65). The third kappa shape index (κ3) is 14.2. The van der Waals surface area contributed by atoms with Crippen LogP contribution in [0.15, 0.2) is 124 Å². The average Bonchev–Trinajstić information content (AvgIpc) is 3.23. The van der Waals surface area contributed by atoms with Gasteiger partial charge in [0, 0.05) is 43.9 Å². The zero-order valence-electron chi connectivity index (χ0n) is 35.3. The van der Waals surface area contributed by atoms with E-state index in [0.717, 1.165) is 25.0 Å². The molecule has 0 saturated heterocycles. The number of azo groups is 2. The molecule has 19 heteroatoms. The van der Waals surface area contributed by atoms with E-state index in [0.29, 0.717) is 16.9 Å². The SMILES string of the molecule is CC(=O)C(N=Nc1cc(Cl)cc(C(=O)Nc2cccc(C(C)Cl)c2)c1)C(=O)Nc1ccc(NC(=O)C(N=Nc2cc(Cl)cc(C(=O)Nc3cccc(C(C)Cl)c3)c2)C(C)=O)c(C(C)Cl)c1. The molecular formula is C46H41Cl5N8O6. The zero-order valence-corrected chi connectivity index (χ0v) is 39.1. The van der Waals surface area contributed by atoms with Crippen LogP contribution in [0.3, 0.4) is 0 Å². The molecule has 0 bridgehead atoms. The highest BCUT2D eigenvalue weighted by atomic mass is 35.5. The van der Waals surface area contributed by atoms with Crippen LogP contribution in [0, 0.1) is 0 Å². The van der Waals surface area contributed by atoms with Crippen molar-refractivity contribution in [3.05, 3.63) is 141 Å². The Hall–Kier alpha value is -6.03. The maximum atomic E-state index is 13.5. The van der Waals surface area contributed by atoms with Crippen molar-refractivity contribution in [3.8, 4) is 0 Å². The smallest absolute Gasteiger partial charge is 0.258 e. The van der Waals surface area contributed by atoms with Crippen molar-refractivity contribution in [2.24, 2.45) is 20.5 Å². The highest BCUT2D eigenvalue weighted by Crippen LogP contribution is 2.32. The van der Waals surface area contributed by atoms with Crippen molar-refractivity contribution in [3.63, 3.8) is 0 Å². The summed E-state index contributed by atoms with van der Waals surface area (Å²) in [6, 6.07) is 23.7. The Bertz CT molecular complexity index is 2710. The predicted molar refractivity (Wildman–Crippen MR) is 256 cm³/mol. The summed E-state index contributed by atoms with van der Waals surface area (Å²) in [5.41, 5.74) is 3.84. The largest absolute Gasteiger partial charge is 0.324 e. The average molecular weight is 979 g/mol. The number of amides is 4. The molecule has 5 rings (SSSR count). The van der Waals surface area contributed by atoms with Crippen LogP contribution >= 0.6 is 58.0 Å². The van der Waals surface area contributed by atoms with Crippen molar-refractivity contribution < 1.29 is 28.8 Å². The summed E-state index contributed by atoms with van der Waals surface area (Å²) < 4.78 is 0. The van der Waals surface area contributed by atoms with Crippen LogP contribution in [-0.2, 0) is 19.2 Å². The molecule has 0 aliphatic carbocycles. The van der Waals surface area contributed by atoms with Gasteiger partial charge in [-0.15, -0.1) is 34.8 Å². The molecule has 0 aliphatic heterocycles. The Labute approximate surface area is 399 Å². The first-order chi connectivity index (χ1) is 30.8. The fourth-order valence-corrected chi connectivity index (χ4v) is 6.95. The number of nitrogens with one attached hydrogen (secondary N) is 4. The molecule has 4 N–H and O–H groups in total. The molecule has 0 fully saturated rings. The Kier molecular flexibility index (Phi) is 17.5. The number of alkyl halides is 3. The second-order valence-electron chi connectivity index (χ2n) is 14.6. The Morgan fingerprint density at radius 3 is 1.34 bits per heavy atom. The van der Waals surface area contributed by atoms with E-state index in [1.54, 1.807) is 43.3 Å². The number of carbonyl (C=O) groups excluding carboxylic acids is 6. The van der Waals surface area contributed by atoms with E-state index < -0.39 is 52.7 Å². The first-order valence-corrected chi connectivity index (χ1v) is 21.8. The van der Waals surface area contributed by atoms with E-state index in [2.05, 4.69) is 41.7 Å². The number of anilines is 4. The number of carbonyl (C=O) groups is 6. The van der Waals surface area contributed by atoms with Gasteiger partial charge >= 0.3 is 0 Å². The number of hydrogen-bond donors (Lipinski definition) is 4. The molecule has 0 aliphatic rings. The number of nitrogens with zero attached hydrogens (tertiary/aromatic N) is 4. The third-order valence-electron chi connectivity index (χ3n) is 9.35. The van der Waals surface area contributed by atoms with Gasteiger partial charge < -0.3 is 21.3 Å². The number of ketones is 2. The Balaban J connectivity index is 1.27. The monoisotopic (exact) mass is 976 g/mol. The summed E-state index contributed by atoms with van der Waals surface area (Å²) in [4.78, 5) is 78.4. The molecule has 5 aromatic carbocycles. The van der Waals surface area contributed by atoms with E-state index >= 15 is 0 Å². The molecule has 5 unspecified atom stereocenters. The van der Waals surface area contributed by atoms with Gasteiger partial charge in [0.25, 0.3) is 23.6 Å². The van der Waals surface area contributed by atoms with Crippen LogP contribution in [0.2, 0.25) is 10.0 Å². The van der Waals surface area contributed by atoms with E-state index in [1.165, 1.54) is 54.6 Å². The lowest BCUT2D eigenvalue weighted by Crippen LogP contribution is -2.32. The van der Waals surface area contributed by atoms with Crippen LogP contribution in [-0.4, -0.2) is 47.3 Å². The van der Waals surface area contributed by atoms with Gasteiger partial charge in [0.05, 0.1) is 27.5 Å². The lowest BCUT2D eigenvalue weighted by atomic mass is 10.1. The lowest BCUT2D eigenvalue weighted by molar-refractivity contribution is -0.127. The number of Topliss-reactive ketones (excluding diaryl/α,β-unsaturated/α-hetero) is 2. The molecule has 0 saturated carbocycles. The van der Waals surface area contributed by atoms with E-state index in [4.69, 9.17) is 58.0 Å². The number of hydrogen-bond acceptors (Lipinski definition) is 10. The summed E-state index contributed by atoms with van der Waals surface area (Å²) in [7, 11) is 0. The molecule has 14 nitrogen and oxygen atoms in total. The third-order valence-corrected chi connectivity index (χ3v) is 10.5. The van der Waals surface area contributed by atoms with Crippen molar-refractivity contribution in [2.75, 3.05) is 21.3 Å². The van der Waals surface area contributed by atoms with Crippen LogP contribution in [0.1, 0.15) is 88.2 Å². The molecule has 0 aromatic heterocycles. The molecule has 336 valence electrons. The molecule has 4 amide bonds. The van der Waals surface area contributed by atoms with Gasteiger partial charge in [-0.3, -0.25) is 28.8 Å². The minimum atomic E-state index is -1.62. The molecular weight excluding hydrogens is 938 g/mol. The van der Waals surface area contributed by atoms with Gasteiger partial charge in [0.1, 0.15) is 0 Å². The minimum Gasteiger partial charge on any atom is -0.324 e. The second kappa shape index (κ2) is 22.7. The Morgan fingerprint density at radius 2 is 0.923 bits per heavy atom. The van der Waals surface area contributed by atoms with Crippen molar-refractivity contribution in [1.29, 1.82) is 0 Å². The van der Waals surface area contributed by atoms with Gasteiger partial charge in [-0.2, -0.15) is 20.5 Å².